The highest BCUT2D eigenvalue weighted by Crippen LogP contribution is 2.31. The second kappa shape index (κ2) is 8.53. The minimum absolute atomic E-state index is 0.238. The molecule has 0 radical (unpaired) electrons. The van der Waals surface area contributed by atoms with Crippen LogP contribution in [0.25, 0.3) is 0 Å². The van der Waals surface area contributed by atoms with Crippen molar-refractivity contribution in [2.24, 2.45) is 0 Å². The lowest BCUT2D eigenvalue weighted by atomic mass is 9.99. The molecule has 1 rings (SSSR count). The number of rotatable bonds is 8. The average Bonchev–Trinajstić information content (AvgIpc) is 2.38. The zero-order chi connectivity index (χ0) is 17.8. The summed E-state index contributed by atoms with van der Waals surface area (Å²) in [7, 11) is 1.41. The Morgan fingerprint density at radius 2 is 1.26 bits per heavy atom. The molecule has 5 atom stereocenters. The Bertz CT molecular complexity index is 355. The SMILES string of the molecule is COCC1OC(O[Si](C)(C)C)C(OC)C(OC)C1O[Si](C)(C)C. The molecule has 1 saturated heterocycles. The van der Waals surface area contributed by atoms with E-state index in [1.807, 2.05) is 0 Å². The summed E-state index contributed by atoms with van der Waals surface area (Å²) in [6, 6.07) is 0. The van der Waals surface area contributed by atoms with Crippen LogP contribution in [0.4, 0.5) is 0 Å². The molecule has 1 aliphatic heterocycles. The van der Waals surface area contributed by atoms with E-state index < -0.39 is 22.9 Å². The third-order valence-electron chi connectivity index (χ3n) is 3.43. The summed E-state index contributed by atoms with van der Waals surface area (Å²) in [5, 5.41) is 0. The van der Waals surface area contributed by atoms with Crippen molar-refractivity contribution in [1.82, 2.24) is 0 Å². The van der Waals surface area contributed by atoms with Gasteiger partial charge in [-0.15, -0.1) is 0 Å². The van der Waals surface area contributed by atoms with Crippen LogP contribution < -0.4 is 0 Å². The molecule has 0 aliphatic carbocycles. The molecular formula is C15H34O6Si2. The van der Waals surface area contributed by atoms with Crippen molar-refractivity contribution < 1.29 is 27.8 Å². The zero-order valence-electron chi connectivity index (χ0n) is 16.0. The van der Waals surface area contributed by atoms with E-state index in [-0.39, 0.29) is 24.4 Å². The first-order chi connectivity index (χ1) is 10.5. The van der Waals surface area contributed by atoms with Gasteiger partial charge in [0, 0.05) is 21.3 Å². The van der Waals surface area contributed by atoms with E-state index in [4.69, 9.17) is 27.8 Å². The van der Waals surface area contributed by atoms with Crippen LogP contribution in [0.1, 0.15) is 0 Å². The van der Waals surface area contributed by atoms with Crippen molar-refractivity contribution in [2.75, 3.05) is 27.9 Å². The fourth-order valence-corrected chi connectivity index (χ4v) is 4.68. The van der Waals surface area contributed by atoms with Gasteiger partial charge in [-0.1, -0.05) is 0 Å². The molecule has 0 amide bonds. The van der Waals surface area contributed by atoms with Gasteiger partial charge in [0.15, 0.2) is 22.9 Å². The molecule has 0 saturated carbocycles. The van der Waals surface area contributed by atoms with Gasteiger partial charge >= 0.3 is 0 Å². The maximum absolute atomic E-state index is 6.34. The van der Waals surface area contributed by atoms with Crippen LogP contribution in [0.15, 0.2) is 0 Å². The highest BCUT2D eigenvalue weighted by Gasteiger charge is 2.49. The molecule has 23 heavy (non-hydrogen) atoms. The molecule has 5 unspecified atom stereocenters. The van der Waals surface area contributed by atoms with Crippen molar-refractivity contribution in [3.05, 3.63) is 0 Å². The zero-order valence-corrected chi connectivity index (χ0v) is 18.0. The molecule has 8 heteroatoms. The van der Waals surface area contributed by atoms with Gasteiger partial charge in [0.25, 0.3) is 0 Å². The third-order valence-corrected chi connectivity index (χ3v) is 5.34. The van der Waals surface area contributed by atoms with Crippen LogP contribution in [-0.2, 0) is 27.8 Å². The summed E-state index contributed by atoms with van der Waals surface area (Å²) < 4.78 is 35.4. The molecule has 1 aliphatic rings. The van der Waals surface area contributed by atoms with Crippen LogP contribution in [0.5, 0.6) is 0 Å². The largest absolute Gasteiger partial charge is 0.409 e. The highest BCUT2D eigenvalue weighted by molar-refractivity contribution is 6.70. The van der Waals surface area contributed by atoms with Gasteiger partial charge in [0.1, 0.15) is 24.4 Å². The molecule has 0 N–H and O–H groups in total. The minimum Gasteiger partial charge on any atom is -0.409 e. The van der Waals surface area contributed by atoms with E-state index in [1.54, 1.807) is 21.3 Å². The first kappa shape index (κ1) is 21.2. The lowest BCUT2D eigenvalue weighted by molar-refractivity contribution is -0.287. The molecule has 1 fully saturated rings. The first-order valence-electron chi connectivity index (χ1n) is 8.08. The molecule has 0 spiro atoms. The molecule has 138 valence electrons. The summed E-state index contributed by atoms with van der Waals surface area (Å²) in [6.45, 7) is 13.3. The van der Waals surface area contributed by atoms with Gasteiger partial charge in [0.2, 0.25) is 0 Å². The molecule has 0 aromatic carbocycles. The minimum atomic E-state index is -1.80. The second-order valence-corrected chi connectivity index (χ2v) is 16.7. The van der Waals surface area contributed by atoms with E-state index in [9.17, 15) is 0 Å². The van der Waals surface area contributed by atoms with Crippen LogP contribution in [0, 0.1) is 0 Å². The van der Waals surface area contributed by atoms with Crippen molar-refractivity contribution in [3.63, 3.8) is 0 Å². The van der Waals surface area contributed by atoms with Crippen LogP contribution in [-0.4, -0.2) is 75.3 Å². The van der Waals surface area contributed by atoms with Gasteiger partial charge in [-0.3, -0.25) is 0 Å². The Morgan fingerprint density at radius 1 is 0.739 bits per heavy atom. The second-order valence-electron chi connectivity index (χ2n) is 7.82. The van der Waals surface area contributed by atoms with Crippen molar-refractivity contribution in [3.8, 4) is 0 Å². The van der Waals surface area contributed by atoms with E-state index >= 15 is 0 Å². The monoisotopic (exact) mass is 366 g/mol. The summed E-state index contributed by atoms with van der Waals surface area (Å²) in [5.41, 5.74) is 0. The van der Waals surface area contributed by atoms with Crippen LogP contribution >= 0.6 is 0 Å². The fourth-order valence-electron chi connectivity index (χ4n) is 2.69. The standard InChI is InChI=1S/C15H34O6Si2/c1-16-10-11-12(20-22(4,5)6)13(17-2)14(18-3)15(19-11)21-23(7,8)9/h11-15H,10H2,1-9H3. The predicted molar refractivity (Wildman–Crippen MR) is 94.8 cm³/mol. The van der Waals surface area contributed by atoms with Gasteiger partial charge in [-0.25, -0.2) is 0 Å². The molecule has 0 aromatic heterocycles. The first-order valence-corrected chi connectivity index (χ1v) is 14.9. The van der Waals surface area contributed by atoms with Gasteiger partial charge in [-0.05, 0) is 39.3 Å². The van der Waals surface area contributed by atoms with Crippen molar-refractivity contribution in [2.45, 2.75) is 70.0 Å². The van der Waals surface area contributed by atoms with E-state index in [0.29, 0.717) is 6.61 Å². The summed E-state index contributed by atoms with van der Waals surface area (Å²) >= 11 is 0. The Labute approximate surface area is 143 Å². The highest BCUT2D eigenvalue weighted by atomic mass is 28.4. The van der Waals surface area contributed by atoms with Crippen LogP contribution in [0.3, 0.4) is 0 Å². The normalized spacial score (nSPS) is 33.0. The fraction of sp³-hybridized carbons (Fsp3) is 1.00. The maximum atomic E-state index is 6.34. The quantitative estimate of drug-likeness (QED) is 0.615. The average molecular weight is 367 g/mol. The van der Waals surface area contributed by atoms with Crippen molar-refractivity contribution >= 4 is 16.6 Å². The third kappa shape index (κ3) is 6.54. The van der Waals surface area contributed by atoms with Gasteiger partial charge in [-0.2, -0.15) is 0 Å². The lowest BCUT2D eigenvalue weighted by Gasteiger charge is -2.48. The van der Waals surface area contributed by atoms with Gasteiger partial charge in [0.05, 0.1) is 6.61 Å². The number of hydrogen-bond donors (Lipinski definition) is 0. The summed E-state index contributed by atoms with van der Waals surface area (Å²) in [4.78, 5) is 0. The Kier molecular flexibility index (Phi) is 7.87. The van der Waals surface area contributed by atoms with E-state index in [0.717, 1.165) is 0 Å². The predicted octanol–water partition coefficient (Wildman–Crippen LogP) is 2.46. The lowest BCUT2D eigenvalue weighted by Crippen LogP contribution is -2.64. The summed E-state index contributed by atoms with van der Waals surface area (Å²) in [6.07, 6.45) is -1.55. The number of ether oxygens (including phenoxy) is 4. The van der Waals surface area contributed by atoms with Crippen LogP contribution in [0.2, 0.25) is 39.3 Å². The smallest absolute Gasteiger partial charge is 0.187 e. The Morgan fingerprint density at radius 3 is 1.65 bits per heavy atom. The van der Waals surface area contributed by atoms with E-state index in [2.05, 4.69) is 39.3 Å². The molecule has 1 heterocycles. The molecule has 0 aromatic rings. The Balaban J connectivity index is 3.06. The number of methoxy groups -OCH3 is 3. The summed E-state index contributed by atoms with van der Waals surface area (Å²) in [5.74, 6) is 0. The van der Waals surface area contributed by atoms with Gasteiger partial charge < -0.3 is 27.8 Å². The molecule has 6 nitrogen and oxygen atoms in total. The maximum Gasteiger partial charge on any atom is 0.187 e. The topological polar surface area (TPSA) is 55.4 Å². The van der Waals surface area contributed by atoms with Crippen molar-refractivity contribution in [1.29, 1.82) is 0 Å². The number of hydrogen-bond acceptors (Lipinski definition) is 6. The molecule has 0 bridgehead atoms. The Hall–Kier alpha value is 0.194. The molecular weight excluding hydrogens is 332 g/mol. The van der Waals surface area contributed by atoms with E-state index in [1.165, 1.54) is 0 Å².